The number of ketones is 1. The Morgan fingerprint density at radius 3 is 2.38 bits per heavy atom. The minimum Gasteiger partial charge on any atom is -0.398 e. The van der Waals surface area contributed by atoms with Crippen molar-refractivity contribution < 1.29 is 14.4 Å². The Labute approximate surface area is 200 Å². The molecule has 1 aliphatic rings. The van der Waals surface area contributed by atoms with E-state index in [1.165, 1.54) is 26.4 Å². The number of nitrogens with zero attached hydrogens (tertiary/aromatic N) is 1. The highest BCUT2D eigenvalue weighted by Crippen LogP contribution is 2.35. The molecule has 0 aromatic heterocycles. The number of carbonyl (C=O) groups is 3. The first-order valence-corrected chi connectivity index (χ1v) is 11.4. The third kappa shape index (κ3) is 7.13. The summed E-state index contributed by atoms with van der Waals surface area (Å²) in [5, 5.41) is 12.2. The van der Waals surface area contributed by atoms with Gasteiger partial charge >= 0.3 is 0 Å². The molecule has 0 saturated heterocycles. The average Bonchev–Trinajstić information content (AvgIpc) is 2.86. The first kappa shape index (κ1) is 26.5. The molecular formula is C25H34N6O3. The van der Waals surface area contributed by atoms with Gasteiger partial charge in [-0.2, -0.15) is 0 Å². The second kappa shape index (κ2) is 13.1. The summed E-state index contributed by atoms with van der Waals surface area (Å²) in [6.45, 7) is 0. The molecule has 2 amide bonds. The molecule has 0 radical (unpaired) electrons. The van der Waals surface area contributed by atoms with E-state index in [1.807, 2.05) is 0 Å². The van der Waals surface area contributed by atoms with Crippen LogP contribution < -0.4 is 22.1 Å². The van der Waals surface area contributed by atoms with Gasteiger partial charge in [0.15, 0.2) is 5.78 Å². The lowest BCUT2D eigenvalue weighted by atomic mass is 9.73. The lowest BCUT2D eigenvalue weighted by molar-refractivity contribution is -0.120. The summed E-state index contributed by atoms with van der Waals surface area (Å²) >= 11 is 0. The van der Waals surface area contributed by atoms with Gasteiger partial charge in [0, 0.05) is 50.1 Å². The second-order valence-corrected chi connectivity index (χ2v) is 8.26. The van der Waals surface area contributed by atoms with E-state index in [0.29, 0.717) is 17.7 Å². The Morgan fingerprint density at radius 1 is 1.12 bits per heavy atom. The maximum absolute atomic E-state index is 13.3. The minimum absolute atomic E-state index is 0.0776. The summed E-state index contributed by atoms with van der Waals surface area (Å²) in [4.78, 5) is 41.5. The van der Waals surface area contributed by atoms with E-state index >= 15 is 0 Å². The van der Waals surface area contributed by atoms with Gasteiger partial charge in [0.1, 0.15) is 5.70 Å². The fourth-order valence-electron chi connectivity index (χ4n) is 4.21. The molecule has 1 aliphatic carbocycles. The van der Waals surface area contributed by atoms with E-state index < -0.39 is 5.91 Å². The summed E-state index contributed by atoms with van der Waals surface area (Å²) in [5.74, 6) is -0.762. The third-order valence-corrected chi connectivity index (χ3v) is 6.05. The standard InChI is InChI=1S/C25H34N6O3/c1-29-15-21(23(28)25(34)30-2)31-22(32)12-11-16-5-3-4-6-19(16)24(33)18-9-7-17(8-10-18)20(27)13-14-26/h7-10,13-16,19,26H,3-6,11-12,27-28H2,1-2H3,(H,30,34)(H,31,32). The molecule has 2 unspecified atom stereocenters. The van der Waals surface area contributed by atoms with Crippen molar-refractivity contribution in [2.45, 2.75) is 38.5 Å². The molecule has 1 aromatic carbocycles. The van der Waals surface area contributed by atoms with Crippen LogP contribution in [0, 0.1) is 17.2 Å². The van der Waals surface area contributed by atoms with Crippen LogP contribution in [-0.4, -0.2) is 44.1 Å². The Balaban J connectivity index is 2.06. The van der Waals surface area contributed by atoms with Crippen molar-refractivity contribution >= 4 is 35.7 Å². The number of aliphatic imine (C=N–C) groups is 1. The Bertz CT molecular complexity index is 994. The van der Waals surface area contributed by atoms with Gasteiger partial charge in [-0.1, -0.05) is 37.1 Å². The van der Waals surface area contributed by atoms with Crippen molar-refractivity contribution in [3.8, 4) is 0 Å². The van der Waals surface area contributed by atoms with Crippen molar-refractivity contribution in [2.75, 3.05) is 14.1 Å². The number of likely N-dealkylation sites (N-methyl/N-ethyl adjacent to an activating group) is 1. The molecule has 9 heteroatoms. The molecule has 182 valence electrons. The van der Waals surface area contributed by atoms with E-state index in [1.54, 1.807) is 24.3 Å². The first-order valence-electron chi connectivity index (χ1n) is 11.4. The Kier molecular flexibility index (Phi) is 10.2. The topological polar surface area (TPSA) is 164 Å². The molecular weight excluding hydrogens is 432 g/mol. The maximum Gasteiger partial charge on any atom is 0.269 e. The highest BCUT2D eigenvalue weighted by molar-refractivity contribution is 6.01. The Morgan fingerprint density at radius 2 is 1.76 bits per heavy atom. The van der Waals surface area contributed by atoms with Crippen molar-refractivity contribution in [1.82, 2.24) is 10.6 Å². The molecule has 2 atom stereocenters. The van der Waals surface area contributed by atoms with E-state index in [-0.39, 0.29) is 41.3 Å². The monoisotopic (exact) mass is 466 g/mol. The quantitative estimate of drug-likeness (QED) is 0.202. The summed E-state index contributed by atoms with van der Waals surface area (Å²) in [6, 6.07) is 7.11. The summed E-state index contributed by atoms with van der Waals surface area (Å²) < 4.78 is 0. The van der Waals surface area contributed by atoms with E-state index in [0.717, 1.165) is 37.5 Å². The second-order valence-electron chi connectivity index (χ2n) is 8.26. The number of amides is 2. The number of hydrogen-bond donors (Lipinski definition) is 5. The zero-order valence-corrected chi connectivity index (χ0v) is 19.8. The number of Topliss-reactive ketones (excluding diaryl/α,β-unsaturated/α-hetero) is 1. The van der Waals surface area contributed by atoms with Gasteiger partial charge in [0.25, 0.3) is 5.91 Å². The summed E-state index contributed by atoms with van der Waals surface area (Å²) in [6.07, 6.45) is 8.41. The largest absolute Gasteiger partial charge is 0.398 e. The van der Waals surface area contributed by atoms with E-state index in [4.69, 9.17) is 16.9 Å². The van der Waals surface area contributed by atoms with Crippen LogP contribution in [0.3, 0.4) is 0 Å². The normalized spacial score (nSPS) is 19.3. The van der Waals surface area contributed by atoms with Crippen LogP contribution in [0.5, 0.6) is 0 Å². The van der Waals surface area contributed by atoms with E-state index in [2.05, 4.69) is 15.6 Å². The molecule has 0 bridgehead atoms. The van der Waals surface area contributed by atoms with Crippen LogP contribution >= 0.6 is 0 Å². The minimum atomic E-state index is -0.505. The average molecular weight is 467 g/mol. The van der Waals surface area contributed by atoms with Crippen molar-refractivity contribution in [3.63, 3.8) is 0 Å². The van der Waals surface area contributed by atoms with Gasteiger partial charge < -0.3 is 27.5 Å². The number of nitrogens with one attached hydrogen (secondary N) is 3. The molecule has 1 aromatic rings. The lowest BCUT2D eigenvalue weighted by Crippen LogP contribution is -2.34. The van der Waals surface area contributed by atoms with Crippen LogP contribution in [0.25, 0.3) is 5.70 Å². The molecule has 2 rings (SSSR count). The predicted octanol–water partition coefficient (Wildman–Crippen LogP) is 2.14. The number of carbonyl (C=O) groups excluding carboxylic acids is 3. The lowest BCUT2D eigenvalue weighted by Gasteiger charge is -2.30. The van der Waals surface area contributed by atoms with Crippen LogP contribution in [0.15, 0.2) is 46.7 Å². The molecule has 9 nitrogen and oxygen atoms in total. The smallest absolute Gasteiger partial charge is 0.269 e. The number of hydrogen-bond acceptors (Lipinski definition) is 7. The van der Waals surface area contributed by atoms with E-state index in [9.17, 15) is 14.4 Å². The van der Waals surface area contributed by atoms with Gasteiger partial charge in [0.05, 0.1) is 5.70 Å². The predicted molar refractivity (Wildman–Crippen MR) is 134 cm³/mol. The summed E-state index contributed by atoms with van der Waals surface area (Å²) in [5.41, 5.74) is 13.6. The molecule has 0 aliphatic heterocycles. The molecule has 34 heavy (non-hydrogen) atoms. The zero-order valence-electron chi connectivity index (χ0n) is 19.8. The van der Waals surface area contributed by atoms with Crippen LogP contribution in [0.2, 0.25) is 0 Å². The van der Waals surface area contributed by atoms with Gasteiger partial charge in [-0.15, -0.1) is 0 Å². The van der Waals surface area contributed by atoms with Crippen molar-refractivity contribution in [1.29, 1.82) is 5.41 Å². The number of allylic oxidation sites excluding steroid dienone is 2. The SMILES string of the molecule is CN=CC(NC(=O)CCC1CCCCC1C(=O)c1ccc(C(N)=CC=N)cc1)=C(N)C(=O)NC. The van der Waals surface area contributed by atoms with Gasteiger partial charge in [0.2, 0.25) is 5.91 Å². The molecule has 7 N–H and O–H groups in total. The molecule has 1 fully saturated rings. The zero-order chi connectivity index (χ0) is 25.1. The molecule has 0 heterocycles. The molecule has 1 saturated carbocycles. The third-order valence-electron chi connectivity index (χ3n) is 6.05. The fourth-order valence-corrected chi connectivity index (χ4v) is 4.21. The van der Waals surface area contributed by atoms with Gasteiger partial charge in [-0.3, -0.25) is 19.4 Å². The number of nitrogens with two attached hydrogens (primary N) is 2. The van der Waals surface area contributed by atoms with Crippen LogP contribution in [-0.2, 0) is 9.59 Å². The van der Waals surface area contributed by atoms with Gasteiger partial charge in [-0.05, 0) is 36.8 Å². The summed E-state index contributed by atoms with van der Waals surface area (Å²) in [7, 11) is 2.97. The fraction of sp³-hybridized carbons (Fsp3) is 0.400. The van der Waals surface area contributed by atoms with Gasteiger partial charge in [-0.25, -0.2) is 0 Å². The molecule has 0 spiro atoms. The maximum atomic E-state index is 13.3. The highest BCUT2D eigenvalue weighted by atomic mass is 16.2. The Hall–Kier alpha value is -3.75. The number of benzene rings is 1. The van der Waals surface area contributed by atoms with Crippen LogP contribution in [0.4, 0.5) is 0 Å². The first-order chi connectivity index (χ1) is 16.3. The van der Waals surface area contributed by atoms with Crippen LogP contribution in [0.1, 0.15) is 54.4 Å². The van der Waals surface area contributed by atoms with Crippen molar-refractivity contribution in [2.24, 2.45) is 28.3 Å². The number of rotatable bonds is 10. The highest BCUT2D eigenvalue weighted by Gasteiger charge is 2.31. The van der Waals surface area contributed by atoms with Crippen molar-refractivity contribution in [3.05, 3.63) is 52.9 Å².